The summed E-state index contributed by atoms with van der Waals surface area (Å²) in [6.07, 6.45) is 2.92. The highest BCUT2D eigenvalue weighted by Crippen LogP contribution is 2.28. The fourth-order valence-electron chi connectivity index (χ4n) is 1.48. The first kappa shape index (κ1) is 10.5. The molecule has 0 fully saturated rings. The Balaban J connectivity index is 2.65. The molecule has 2 rings (SSSR count). The van der Waals surface area contributed by atoms with Crippen molar-refractivity contribution in [3.8, 4) is 11.1 Å². The summed E-state index contributed by atoms with van der Waals surface area (Å²) < 4.78 is 27.0. The number of nitrogen functional groups attached to an aromatic ring is 1. The fraction of sp³-hybridized carbons (Fsp3) is 0.0833. The third kappa shape index (κ3) is 1.74. The molecular formula is C12H10F2N2. The summed E-state index contributed by atoms with van der Waals surface area (Å²) in [7, 11) is 0. The van der Waals surface area contributed by atoms with Crippen molar-refractivity contribution >= 4 is 5.69 Å². The number of aromatic nitrogens is 1. The maximum absolute atomic E-state index is 13.6. The molecule has 0 aliphatic carbocycles. The Morgan fingerprint density at radius 2 is 1.88 bits per heavy atom. The summed E-state index contributed by atoms with van der Waals surface area (Å²) in [5.74, 6) is -0.960. The zero-order chi connectivity index (χ0) is 11.7. The van der Waals surface area contributed by atoms with Crippen LogP contribution in [0, 0.1) is 18.6 Å². The lowest BCUT2D eigenvalue weighted by molar-refractivity contribution is 0.595. The number of pyridine rings is 1. The van der Waals surface area contributed by atoms with Crippen LogP contribution in [0.1, 0.15) is 5.56 Å². The van der Waals surface area contributed by atoms with Gasteiger partial charge in [-0.05, 0) is 30.7 Å². The maximum Gasteiger partial charge on any atom is 0.131 e. The molecule has 1 aromatic heterocycles. The van der Waals surface area contributed by atoms with Gasteiger partial charge in [-0.25, -0.2) is 8.78 Å². The second-order valence-electron chi connectivity index (χ2n) is 3.54. The lowest BCUT2D eigenvalue weighted by Crippen LogP contribution is -1.95. The molecule has 82 valence electrons. The van der Waals surface area contributed by atoms with Gasteiger partial charge in [0.2, 0.25) is 0 Å². The minimum absolute atomic E-state index is 0.133. The minimum Gasteiger partial charge on any atom is -0.398 e. The second-order valence-corrected chi connectivity index (χ2v) is 3.54. The van der Waals surface area contributed by atoms with Gasteiger partial charge in [0.25, 0.3) is 0 Å². The molecule has 0 saturated heterocycles. The topological polar surface area (TPSA) is 38.9 Å². The van der Waals surface area contributed by atoms with Gasteiger partial charge in [0.05, 0.1) is 0 Å². The van der Waals surface area contributed by atoms with E-state index in [4.69, 9.17) is 5.73 Å². The normalized spacial score (nSPS) is 10.4. The third-order valence-corrected chi connectivity index (χ3v) is 2.39. The zero-order valence-electron chi connectivity index (χ0n) is 8.67. The average molecular weight is 220 g/mol. The molecule has 2 nitrogen and oxygen atoms in total. The second kappa shape index (κ2) is 3.89. The number of hydrogen-bond donors (Lipinski definition) is 1. The van der Waals surface area contributed by atoms with E-state index in [9.17, 15) is 8.78 Å². The highest BCUT2D eigenvalue weighted by atomic mass is 19.1. The number of halogens is 2. The van der Waals surface area contributed by atoms with E-state index >= 15 is 0 Å². The molecular weight excluding hydrogens is 210 g/mol. The zero-order valence-corrected chi connectivity index (χ0v) is 8.67. The summed E-state index contributed by atoms with van der Waals surface area (Å²) >= 11 is 0. The Kier molecular flexibility index (Phi) is 2.56. The number of anilines is 1. The predicted molar refractivity (Wildman–Crippen MR) is 58.7 cm³/mol. The summed E-state index contributed by atoms with van der Waals surface area (Å²) in [5.41, 5.74) is 6.85. The lowest BCUT2D eigenvalue weighted by Gasteiger charge is -2.07. The third-order valence-electron chi connectivity index (χ3n) is 2.39. The van der Waals surface area contributed by atoms with E-state index in [1.807, 2.05) is 0 Å². The van der Waals surface area contributed by atoms with E-state index in [2.05, 4.69) is 4.98 Å². The van der Waals surface area contributed by atoms with E-state index in [-0.39, 0.29) is 11.1 Å². The molecule has 1 heterocycles. The van der Waals surface area contributed by atoms with Gasteiger partial charge in [-0.15, -0.1) is 0 Å². The number of nitrogens with zero attached hydrogens (tertiary/aromatic N) is 1. The number of aryl methyl sites for hydroxylation is 1. The standard InChI is InChI=1S/C12H10F2N2/c1-7-4-11(14)8(5-10(7)13)9-6-16-3-2-12(9)15/h2-6H,1H3,(H2,15,16). The van der Waals surface area contributed by atoms with Crippen molar-refractivity contribution in [3.63, 3.8) is 0 Å². The number of rotatable bonds is 1. The van der Waals surface area contributed by atoms with E-state index in [1.165, 1.54) is 19.3 Å². The molecule has 0 bridgehead atoms. The molecule has 0 radical (unpaired) electrons. The lowest BCUT2D eigenvalue weighted by atomic mass is 10.0. The summed E-state index contributed by atoms with van der Waals surface area (Å²) in [6.45, 7) is 1.51. The van der Waals surface area contributed by atoms with Gasteiger partial charge in [-0.2, -0.15) is 0 Å². The van der Waals surface area contributed by atoms with Crippen molar-refractivity contribution in [2.45, 2.75) is 6.92 Å². The number of benzene rings is 1. The van der Waals surface area contributed by atoms with Crippen molar-refractivity contribution in [2.75, 3.05) is 5.73 Å². The van der Waals surface area contributed by atoms with Crippen LogP contribution < -0.4 is 5.73 Å². The fourth-order valence-corrected chi connectivity index (χ4v) is 1.48. The van der Waals surface area contributed by atoms with Gasteiger partial charge >= 0.3 is 0 Å². The van der Waals surface area contributed by atoms with Crippen molar-refractivity contribution in [1.82, 2.24) is 4.98 Å². The minimum atomic E-state index is -0.501. The molecule has 2 aromatic rings. The smallest absolute Gasteiger partial charge is 0.131 e. The van der Waals surface area contributed by atoms with Crippen LogP contribution in [0.15, 0.2) is 30.6 Å². The largest absolute Gasteiger partial charge is 0.398 e. The van der Waals surface area contributed by atoms with Crippen molar-refractivity contribution < 1.29 is 8.78 Å². The summed E-state index contributed by atoms with van der Waals surface area (Å²) in [5, 5.41) is 0. The van der Waals surface area contributed by atoms with Crippen molar-refractivity contribution in [3.05, 3.63) is 47.8 Å². The monoisotopic (exact) mass is 220 g/mol. The van der Waals surface area contributed by atoms with Gasteiger partial charge in [0.1, 0.15) is 11.6 Å². The molecule has 2 N–H and O–H groups in total. The predicted octanol–water partition coefficient (Wildman–Crippen LogP) is 2.92. The molecule has 0 aliphatic rings. The quantitative estimate of drug-likeness (QED) is 0.802. The average Bonchev–Trinajstić information content (AvgIpc) is 2.25. The van der Waals surface area contributed by atoms with Crippen LogP contribution >= 0.6 is 0 Å². The van der Waals surface area contributed by atoms with Crippen molar-refractivity contribution in [1.29, 1.82) is 0 Å². The van der Waals surface area contributed by atoms with Gasteiger partial charge < -0.3 is 5.73 Å². The van der Waals surface area contributed by atoms with E-state index in [0.717, 1.165) is 12.1 Å². The van der Waals surface area contributed by atoms with E-state index < -0.39 is 11.6 Å². The van der Waals surface area contributed by atoms with Gasteiger partial charge in [-0.3, -0.25) is 4.98 Å². The molecule has 0 aliphatic heterocycles. The van der Waals surface area contributed by atoms with Crippen LogP contribution in [-0.4, -0.2) is 4.98 Å². The molecule has 0 atom stereocenters. The maximum atomic E-state index is 13.6. The molecule has 0 unspecified atom stereocenters. The van der Waals surface area contributed by atoms with Crippen LogP contribution in [0.2, 0.25) is 0 Å². The molecule has 0 spiro atoms. The molecule has 0 amide bonds. The van der Waals surface area contributed by atoms with Crippen LogP contribution in [0.4, 0.5) is 14.5 Å². The Bertz CT molecular complexity index is 539. The van der Waals surface area contributed by atoms with Gasteiger partial charge in [0.15, 0.2) is 0 Å². The van der Waals surface area contributed by atoms with Crippen LogP contribution in [0.3, 0.4) is 0 Å². The first-order valence-corrected chi connectivity index (χ1v) is 4.75. The Morgan fingerprint density at radius 1 is 1.12 bits per heavy atom. The van der Waals surface area contributed by atoms with Crippen molar-refractivity contribution in [2.24, 2.45) is 0 Å². The first-order chi connectivity index (χ1) is 7.59. The highest BCUT2D eigenvalue weighted by Gasteiger charge is 2.11. The molecule has 16 heavy (non-hydrogen) atoms. The van der Waals surface area contributed by atoms with Gasteiger partial charge in [-0.1, -0.05) is 0 Å². The summed E-state index contributed by atoms with van der Waals surface area (Å²) in [6, 6.07) is 3.84. The van der Waals surface area contributed by atoms with Gasteiger partial charge in [0, 0.05) is 29.2 Å². The Morgan fingerprint density at radius 3 is 2.56 bits per heavy atom. The molecule has 0 saturated carbocycles. The molecule has 1 aromatic carbocycles. The van der Waals surface area contributed by atoms with Crippen LogP contribution in [-0.2, 0) is 0 Å². The van der Waals surface area contributed by atoms with Crippen LogP contribution in [0.25, 0.3) is 11.1 Å². The first-order valence-electron chi connectivity index (χ1n) is 4.75. The number of nitrogens with two attached hydrogens (primary N) is 1. The highest BCUT2D eigenvalue weighted by molar-refractivity contribution is 5.75. The van der Waals surface area contributed by atoms with Crippen LogP contribution in [0.5, 0.6) is 0 Å². The Labute approximate surface area is 91.7 Å². The van der Waals surface area contributed by atoms with E-state index in [1.54, 1.807) is 6.07 Å². The SMILES string of the molecule is Cc1cc(F)c(-c2cnccc2N)cc1F. The molecule has 4 heteroatoms. The number of hydrogen-bond acceptors (Lipinski definition) is 2. The summed E-state index contributed by atoms with van der Waals surface area (Å²) in [4.78, 5) is 3.85. The Hall–Kier alpha value is -1.97. The van der Waals surface area contributed by atoms with E-state index in [0.29, 0.717) is 11.3 Å².